The van der Waals surface area contributed by atoms with Crippen LogP contribution in [-0.4, -0.2) is 24.3 Å². The average Bonchev–Trinajstić information content (AvgIpc) is 3.02. The molecule has 1 aliphatic heterocycles. The fourth-order valence-electron chi connectivity index (χ4n) is 4.46. The molecule has 0 aromatic carbocycles. The first-order chi connectivity index (χ1) is 9.17. The monoisotopic (exact) mass is 265 g/mol. The first-order valence-corrected chi connectivity index (χ1v) is 8.58. The summed E-state index contributed by atoms with van der Waals surface area (Å²) in [5.74, 6) is 1.81. The van der Waals surface area contributed by atoms with Crippen LogP contribution in [0.25, 0.3) is 0 Å². The maximum Gasteiger partial charge on any atom is 0.0708 e. The highest BCUT2D eigenvalue weighted by Gasteiger charge is 2.42. The lowest BCUT2D eigenvalue weighted by Gasteiger charge is -2.33. The van der Waals surface area contributed by atoms with Gasteiger partial charge in [-0.3, -0.25) is 0 Å². The van der Waals surface area contributed by atoms with Gasteiger partial charge in [0, 0.05) is 12.6 Å². The molecule has 1 N–H and O–H groups in total. The Balaban J connectivity index is 1.41. The maximum atomic E-state index is 6.39. The van der Waals surface area contributed by atoms with Crippen molar-refractivity contribution >= 4 is 0 Å². The molecule has 2 nitrogen and oxygen atoms in total. The Hall–Kier alpha value is -0.0800. The lowest BCUT2D eigenvalue weighted by Crippen LogP contribution is -2.40. The minimum atomic E-state index is 0.306. The highest BCUT2D eigenvalue weighted by molar-refractivity contribution is 4.93. The van der Waals surface area contributed by atoms with Gasteiger partial charge in [-0.05, 0) is 56.8 Å². The zero-order valence-corrected chi connectivity index (χ0v) is 12.8. The van der Waals surface area contributed by atoms with Crippen LogP contribution in [0.2, 0.25) is 0 Å². The van der Waals surface area contributed by atoms with Crippen molar-refractivity contribution in [3.63, 3.8) is 0 Å². The molecule has 4 unspecified atom stereocenters. The predicted octanol–water partition coefficient (Wildman–Crippen LogP) is 3.89. The van der Waals surface area contributed by atoms with E-state index >= 15 is 0 Å². The smallest absolute Gasteiger partial charge is 0.0708 e. The summed E-state index contributed by atoms with van der Waals surface area (Å²) in [7, 11) is 0. The molecule has 3 fully saturated rings. The van der Waals surface area contributed by atoms with Gasteiger partial charge in [0.2, 0.25) is 0 Å². The summed E-state index contributed by atoms with van der Waals surface area (Å²) in [6.45, 7) is 5.91. The molecule has 0 aromatic rings. The van der Waals surface area contributed by atoms with Crippen LogP contribution in [0.4, 0.5) is 0 Å². The number of hydrogen-bond donors (Lipinski definition) is 1. The largest absolute Gasteiger partial charge is 0.370 e. The van der Waals surface area contributed by atoms with E-state index in [0.717, 1.165) is 24.4 Å². The number of ether oxygens (including phenoxy) is 1. The molecule has 0 bridgehead atoms. The van der Waals surface area contributed by atoms with Gasteiger partial charge in [0.15, 0.2) is 0 Å². The van der Waals surface area contributed by atoms with E-state index in [1.54, 1.807) is 0 Å². The maximum absolute atomic E-state index is 6.39. The zero-order chi connectivity index (χ0) is 13.3. The molecule has 4 atom stereocenters. The van der Waals surface area contributed by atoms with Crippen molar-refractivity contribution in [3.05, 3.63) is 0 Å². The van der Waals surface area contributed by atoms with Crippen LogP contribution in [0.5, 0.6) is 0 Å². The Bertz CT molecular complexity index is 298. The summed E-state index contributed by atoms with van der Waals surface area (Å²) in [5, 5.41) is 3.80. The van der Waals surface area contributed by atoms with Crippen LogP contribution in [-0.2, 0) is 4.74 Å². The fraction of sp³-hybridized carbons (Fsp3) is 1.00. The van der Waals surface area contributed by atoms with E-state index in [-0.39, 0.29) is 0 Å². The fourth-order valence-corrected chi connectivity index (χ4v) is 4.46. The molecular weight excluding hydrogens is 234 g/mol. The van der Waals surface area contributed by atoms with E-state index in [2.05, 4.69) is 19.2 Å². The normalized spacial score (nSPS) is 42.0. The van der Waals surface area contributed by atoms with Gasteiger partial charge < -0.3 is 10.1 Å². The van der Waals surface area contributed by atoms with Crippen molar-refractivity contribution in [2.75, 3.05) is 6.54 Å². The molecule has 19 heavy (non-hydrogen) atoms. The molecule has 0 radical (unpaired) electrons. The topological polar surface area (TPSA) is 21.3 Å². The van der Waals surface area contributed by atoms with E-state index in [1.165, 1.54) is 57.8 Å². The van der Waals surface area contributed by atoms with Crippen molar-refractivity contribution in [3.8, 4) is 0 Å². The van der Waals surface area contributed by atoms with Crippen LogP contribution in [0.15, 0.2) is 0 Å². The molecule has 110 valence electrons. The van der Waals surface area contributed by atoms with E-state index in [9.17, 15) is 0 Å². The molecule has 2 saturated carbocycles. The van der Waals surface area contributed by atoms with Crippen LogP contribution < -0.4 is 5.32 Å². The Morgan fingerprint density at radius 3 is 2.53 bits per heavy atom. The van der Waals surface area contributed by atoms with Crippen molar-refractivity contribution in [2.45, 2.75) is 89.4 Å². The molecule has 2 heteroatoms. The minimum Gasteiger partial charge on any atom is -0.370 e. The minimum absolute atomic E-state index is 0.306. The molecule has 3 rings (SSSR count). The Labute approximate surface area is 118 Å². The van der Waals surface area contributed by atoms with Gasteiger partial charge in [-0.15, -0.1) is 0 Å². The van der Waals surface area contributed by atoms with Crippen molar-refractivity contribution in [1.82, 2.24) is 5.32 Å². The Kier molecular flexibility index (Phi) is 4.19. The van der Waals surface area contributed by atoms with Gasteiger partial charge in [-0.2, -0.15) is 0 Å². The third-order valence-electron chi connectivity index (χ3n) is 6.09. The number of rotatable bonds is 3. The third-order valence-corrected chi connectivity index (χ3v) is 6.09. The molecule has 1 saturated heterocycles. The van der Waals surface area contributed by atoms with E-state index in [1.807, 2.05) is 0 Å². The molecule has 0 aromatic heterocycles. The van der Waals surface area contributed by atoms with Crippen molar-refractivity contribution in [1.29, 1.82) is 0 Å². The molecule has 1 spiro atoms. The van der Waals surface area contributed by atoms with Gasteiger partial charge in [-0.1, -0.05) is 26.7 Å². The molecule has 3 aliphatic rings. The van der Waals surface area contributed by atoms with E-state index in [0.29, 0.717) is 11.7 Å². The first kappa shape index (κ1) is 13.9. The standard InChI is InChI=1S/C17H31NO/c1-13-5-6-15(11-14(13)2)18-12-16-7-10-17(19-16)8-3-4-9-17/h13-16,18H,3-12H2,1-2H3. The second kappa shape index (κ2) is 5.73. The summed E-state index contributed by atoms with van der Waals surface area (Å²) >= 11 is 0. The second-order valence-corrected chi connectivity index (χ2v) is 7.54. The van der Waals surface area contributed by atoms with Crippen LogP contribution in [0.1, 0.15) is 71.6 Å². The molecule has 1 heterocycles. The van der Waals surface area contributed by atoms with Gasteiger partial charge >= 0.3 is 0 Å². The summed E-state index contributed by atoms with van der Waals surface area (Å²) in [6.07, 6.45) is 12.6. The summed E-state index contributed by atoms with van der Waals surface area (Å²) in [4.78, 5) is 0. The van der Waals surface area contributed by atoms with E-state index < -0.39 is 0 Å². The lowest BCUT2D eigenvalue weighted by molar-refractivity contribution is -0.0365. The van der Waals surface area contributed by atoms with Crippen molar-refractivity contribution in [2.24, 2.45) is 11.8 Å². The number of hydrogen-bond acceptors (Lipinski definition) is 2. The van der Waals surface area contributed by atoms with Gasteiger partial charge in [0.05, 0.1) is 11.7 Å². The second-order valence-electron chi connectivity index (χ2n) is 7.54. The third kappa shape index (κ3) is 3.16. The van der Waals surface area contributed by atoms with Gasteiger partial charge in [-0.25, -0.2) is 0 Å². The summed E-state index contributed by atoms with van der Waals surface area (Å²) in [5.41, 5.74) is 0.306. The predicted molar refractivity (Wildman–Crippen MR) is 79.3 cm³/mol. The van der Waals surface area contributed by atoms with Crippen LogP contribution in [0, 0.1) is 11.8 Å². The van der Waals surface area contributed by atoms with Gasteiger partial charge in [0.1, 0.15) is 0 Å². The molecule has 2 aliphatic carbocycles. The van der Waals surface area contributed by atoms with Crippen LogP contribution in [0.3, 0.4) is 0 Å². The quantitative estimate of drug-likeness (QED) is 0.836. The lowest BCUT2D eigenvalue weighted by atomic mass is 9.79. The first-order valence-electron chi connectivity index (χ1n) is 8.58. The Morgan fingerprint density at radius 1 is 1.00 bits per heavy atom. The average molecular weight is 265 g/mol. The number of nitrogens with one attached hydrogen (secondary N) is 1. The SMILES string of the molecule is CC1CCC(NCC2CCC3(CCCC3)O2)CC1C. The summed E-state index contributed by atoms with van der Waals surface area (Å²) in [6, 6.07) is 0.745. The van der Waals surface area contributed by atoms with E-state index in [4.69, 9.17) is 4.74 Å². The molecule has 0 amide bonds. The zero-order valence-electron chi connectivity index (χ0n) is 12.8. The highest BCUT2D eigenvalue weighted by atomic mass is 16.5. The van der Waals surface area contributed by atoms with Gasteiger partial charge in [0.25, 0.3) is 0 Å². The highest BCUT2D eigenvalue weighted by Crippen LogP contribution is 2.43. The Morgan fingerprint density at radius 2 is 1.79 bits per heavy atom. The van der Waals surface area contributed by atoms with Crippen molar-refractivity contribution < 1.29 is 4.74 Å². The summed E-state index contributed by atoms with van der Waals surface area (Å²) < 4.78 is 6.39. The molecular formula is C17H31NO. The van der Waals surface area contributed by atoms with Crippen LogP contribution >= 0.6 is 0 Å².